The van der Waals surface area contributed by atoms with Gasteiger partial charge in [-0.25, -0.2) is 0 Å². The highest BCUT2D eigenvalue weighted by molar-refractivity contribution is 6.02. The Labute approximate surface area is 157 Å². The highest BCUT2D eigenvalue weighted by Gasteiger charge is 2.08. The van der Waals surface area contributed by atoms with E-state index in [2.05, 4.69) is 9.98 Å². The molecule has 1 aromatic heterocycles. The van der Waals surface area contributed by atoms with Crippen molar-refractivity contribution in [2.75, 3.05) is 0 Å². The fourth-order valence-electron chi connectivity index (χ4n) is 2.95. The molecule has 4 rings (SSSR count). The second-order valence-electron chi connectivity index (χ2n) is 6.46. The van der Waals surface area contributed by atoms with Gasteiger partial charge in [0.2, 0.25) is 0 Å². The summed E-state index contributed by atoms with van der Waals surface area (Å²) in [5, 5.41) is 11.1. The molecule has 2 N–H and O–H groups in total. The van der Waals surface area contributed by atoms with Crippen molar-refractivity contribution in [3.63, 3.8) is 0 Å². The molecule has 0 amide bonds. The van der Waals surface area contributed by atoms with Crippen LogP contribution in [0.3, 0.4) is 0 Å². The summed E-state index contributed by atoms with van der Waals surface area (Å²) in [7, 11) is 0. The summed E-state index contributed by atoms with van der Waals surface area (Å²) in [5.41, 5.74) is 4.64. The molecule has 4 aromatic rings. The lowest BCUT2D eigenvalue weighted by atomic mass is 10.1. The number of aromatic nitrogens is 1. The third-order valence-electron chi connectivity index (χ3n) is 4.40. The zero-order valence-corrected chi connectivity index (χ0v) is 15.0. The van der Waals surface area contributed by atoms with E-state index in [0.29, 0.717) is 12.2 Å². The minimum atomic E-state index is 0.127. The number of nitrogens with one attached hydrogen (secondary N) is 1. The van der Waals surface area contributed by atoms with E-state index in [-0.39, 0.29) is 5.88 Å². The van der Waals surface area contributed by atoms with Crippen LogP contribution in [-0.2, 0) is 6.61 Å². The van der Waals surface area contributed by atoms with Crippen molar-refractivity contribution in [3.8, 4) is 11.6 Å². The number of rotatable bonds is 5. The van der Waals surface area contributed by atoms with E-state index >= 15 is 0 Å². The predicted octanol–water partition coefficient (Wildman–Crippen LogP) is 5.51. The van der Waals surface area contributed by atoms with Gasteiger partial charge >= 0.3 is 0 Å². The molecular weight excluding hydrogens is 336 g/mol. The first-order valence-electron chi connectivity index (χ1n) is 8.81. The molecule has 0 spiro atoms. The standard InChI is InChI=1S/C23H20N2O2/c1-16-7-12-22-20(13-16)21(23(26)25-22)14-24-18-8-10-19(11-9-18)27-15-17-5-3-2-4-6-17/h2-14,25-26H,15H2,1H3. The Balaban J connectivity index is 1.48. The molecule has 1 heterocycles. The first kappa shape index (κ1) is 16.9. The third-order valence-corrected chi connectivity index (χ3v) is 4.40. The summed E-state index contributed by atoms with van der Waals surface area (Å²) in [5.74, 6) is 0.922. The van der Waals surface area contributed by atoms with Crippen molar-refractivity contribution >= 4 is 22.8 Å². The van der Waals surface area contributed by atoms with E-state index in [1.54, 1.807) is 6.21 Å². The average molecular weight is 356 g/mol. The molecule has 0 aliphatic carbocycles. The molecule has 0 saturated heterocycles. The number of fused-ring (bicyclic) bond motifs is 1. The van der Waals surface area contributed by atoms with Crippen molar-refractivity contribution in [1.29, 1.82) is 0 Å². The molecule has 0 atom stereocenters. The first-order valence-corrected chi connectivity index (χ1v) is 8.81. The van der Waals surface area contributed by atoms with E-state index in [1.807, 2.05) is 79.7 Å². The van der Waals surface area contributed by atoms with Crippen molar-refractivity contribution < 1.29 is 9.84 Å². The molecular formula is C23H20N2O2. The number of aryl methyl sites for hydroxylation is 1. The maximum Gasteiger partial charge on any atom is 0.198 e. The predicted molar refractivity (Wildman–Crippen MR) is 109 cm³/mol. The third kappa shape index (κ3) is 3.85. The molecule has 0 fully saturated rings. The summed E-state index contributed by atoms with van der Waals surface area (Å²) in [6.07, 6.45) is 1.69. The van der Waals surface area contributed by atoms with Gasteiger partial charge in [-0.15, -0.1) is 0 Å². The number of benzene rings is 3. The Morgan fingerprint density at radius 1 is 1.00 bits per heavy atom. The Kier molecular flexibility index (Phi) is 4.62. The molecule has 0 aliphatic rings. The molecule has 134 valence electrons. The smallest absolute Gasteiger partial charge is 0.198 e. The van der Waals surface area contributed by atoms with Crippen LogP contribution in [0.15, 0.2) is 77.8 Å². The molecule has 0 unspecified atom stereocenters. The average Bonchev–Trinajstić information content (AvgIpc) is 3.01. The highest BCUT2D eigenvalue weighted by atomic mass is 16.5. The number of hydrogen-bond acceptors (Lipinski definition) is 3. The molecule has 3 aromatic carbocycles. The van der Waals surface area contributed by atoms with Crippen molar-refractivity contribution in [3.05, 3.63) is 89.5 Å². The topological polar surface area (TPSA) is 57.6 Å². The Morgan fingerprint density at radius 3 is 2.56 bits per heavy atom. The van der Waals surface area contributed by atoms with Crippen LogP contribution >= 0.6 is 0 Å². The summed E-state index contributed by atoms with van der Waals surface area (Å²) >= 11 is 0. The second-order valence-corrected chi connectivity index (χ2v) is 6.46. The number of hydrogen-bond donors (Lipinski definition) is 2. The number of ether oxygens (including phenoxy) is 1. The Morgan fingerprint density at radius 2 is 1.78 bits per heavy atom. The summed E-state index contributed by atoms with van der Waals surface area (Å²) in [4.78, 5) is 7.46. The Hall–Kier alpha value is -3.53. The van der Waals surface area contributed by atoms with E-state index in [9.17, 15) is 5.11 Å². The van der Waals surface area contributed by atoms with Crippen molar-refractivity contribution in [1.82, 2.24) is 4.98 Å². The van der Waals surface area contributed by atoms with Crippen LogP contribution < -0.4 is 4.74 Å². The second kappa shape index (κ2) is 7.38. The molecule has 0 aliphatic heterocycles. The van der Waals surface area contributed by atoms with Gasteiger partial charge in [-0.3, -0.25) is 4.99 Å². The van der Waals surface area contributed by atoms with E-state index in [4.69, 9.17) is 4.74 Å². The number of aliphatic imine (C=N–C) groups is 1. The van der Waals surface area contributed by atoms with Gasteiger partial charge in [-0.2, -0.15) is 0 Å². The van der Waals surface area contributed by atoms with Crippen molar-refractivity contribution in [2.45, 2.75) is 13.5 Å². The maximum absolute atomic E-state index is 10.2. The lowest BCUT2D eigenvalue weighted by molar-refractivity contribution is 0.306. The van der Waals surface area contributed by atoms with Gasteiger partial charge in [0.1, 0.15) is 12.4 Å². The minimum Gasteiger partial charge on any atom is -0.494 e. The van der Waals surface area contributed by atoms with E-state index in [1.165, 1.54) is 0 Å². The lowest BCUT2D eigenvalue weighted by Crippen LogP contribution is -1.94. The van der Waals surface area contributed by atoms with E-state index < -0.39 is 0 Å². The number of nitrogens with zero attached hydrogens (tertiary/aromatic N) is 1. The zero-order valence-electron chi connectivity index (χ0n) is 15.0. The van der Waals surface area contributed by atoms with E-state index in [0.717, 1.165) is 33.5 Å². The molecule has 27 heavy (non-hydrogen) atoms. The van der Waals surface area contributed by atoms with Gasteiger partial charge in [-0.05, 0) is 48.9 Å². The lowest BCUT2D eigenvalue weighted by Gasteiger charge is -2.06. The summed E-state index contributed by atoms with van der Waals surface area (Å²) < 4.78 is 5.79. The van der Waals surface area contributed by atoms with Gasteiger partial charge in [-0.1, -0.05) is 42.0 Å². The number of aromatic hydroxyl groups is 1. The van der Waals surface area contributed by atoms with Crippen LogP contribution in [-0.4, -0.2) is 16.3 Å². The van der Waals surface area contributed by atoms with Crippen LogP contribution in [0.4, 0.5) is 5.69 Å². The van der Waals surface area contributed by atoms with Gasteiger partial charge in [0.15, 0.2) is 5.88 Å². The Bertz CT molecular complexity index is 1080. The van der Waals surface area contributed by atoms with Crippen LogP contribution in [0.25, 0.3) is 10.9 Å². The van der Waals surface area contributed by atoms with Crippen LogP contribution in [0.2, 0.25) is 0 Å². The van der Waals surface area contributed by atoms with Gasteiger partial charge in [0.25, 0.3) is 0 Å². The van der Waals surface area contributed by atoms with Crippen LogP contribution in [0, 0.1) is 6.92 Å². The fraction of sp³-hybridized carbons (Fsp3) is 0.0870. The fourth-order valence-corrected chi connectivity index (χ4v) is 2.95. The van der Waals surface area contributed by atoms with Crippen LogP contribution in [0.1, 0.15) is 16.7 Å². The quantitative estimate of drug-likeness (QED) is 0.463. The molecule has 4 heteroatoms. The molecule has 0 saturated carbocycles. The minimum absolute atomic E-state index is 0.127. The zero-order chi connectivity index (χ0) is 18.6. The highest BCUT2D eigenvalue weighted by Crippen LogP contribution is 2.27. The number of aromatic amines is 1. The monoisotopic (exact) mass is 356 g/mol. The molecule has 0 bridgehead atoms. The van der Waals surface area contributed by atoms with Crippen LogP contribution in [0.5, 0.6) is 11.6 Å². The van der Waals surface area contributed by atoms with Gasteiger partial charge < -0.3 is 14.8 Å². The van der Waals surface area contributed by atoms with Gasteiger partial charge in [0.05, 0.1) is 11.3 Å². The van der Waals surface area contributed by atoms with Crippen molar-refractivity contribution in [2.24, 2.45) is 4.99 Å². The van der Waals surface area contributed by atoms with Gasteiger partial charge in [0, 0.05) is 17.1 Å². The maximum atomic E-state index is 10.2. The molecule has 4 nitrogen and oxygen atoms in total. The number of H-pyrrole nitrogens is 1. The summed E-state index contributed by atoms with van der Waals surface area (Å²) in [6, 6.07) is 23.6. The normalized spacial score (nSPS) is 11.3. The molecule has 0 radical (unpaired) electrons. The largest absolute Gasteiger partial charge is 0.494 e. The first-order chi connectivity index (χ1) is 13.2. The SMILES string of the molecule is Cc1ccc2[nH]c(O)c(C=Nc3ccc(OCc4ccccc4)cc3)c2c1. The summed E-state index contributed by atoms with van der Waals surface area (Å²) in [6.45, 7) is 2.56.